The molecule has 0 saturated carbocycles. The minimum absolute atomic E-state index is 0.442. The smallest absolute Gasteiger partial charge is 0.141 e. The monoisotopic (exact) mass is 223 g/mol. The van der Waals surface area contributed by atoms with Crippen LogP contribution in [0.5, 0.6) is 0 Å². The van der Waals surface area contributed by atoms with Gasteiger partial charge in [-0.25, -0.2) is 4.39 Å². The molecule has 15 heavy (non-hydrogen) atoms. The molecule has 2 nitrogen and oxygen atoms in total. The number of pyridine rings is 1. The number of thiophene rings is 1. The summed E-state index contributed by atoms with van der Waals surface area (Å²) in [5, 5.41) is 14.0. The predicted molar refractivity (Wildman–Crippen MR) is 57.2 cm³/mol. The van der Waals surface area contributed by atoms with Gasteiger partial charge in [0.1, 0.15) is 11.4 Å². The van der Waals surface area contributed by atoms with Gasteiger partial charge in [0.25, 0.3) is 0 Å². The first-order valence-corrected chi connectivity index (χ1v) is 5.41. The van der Waals surface area contributed by atoms with Gasteiger partial charge in [-0.15, -0.1) is 0 Å². The van der Waals surface area contributed by atoms with Crippen LogP contribution in [0.1, 0.15) is 18.1 Å². The molecule has 1 N–H and O–H groups in total. The maximum absolute atomic E-state index is 13.0. The summed E-state index contributed by atoms with van der Waals surface area (Å²) in [6, 6.07) is 3.11. The largest absolute Gasteiger partial charge is 0.381 e. The zero-order valence-corrected chi connectivity index (χ0v) is 8.96. The molecule has 2 rings (SSSR count). The third kappa shape index (κ3) is 1.91. The van der Waals surface area contributed by atoms with E-state index < -0.39 is 11.4 Å². The molecule has 0 aliphatic heterocycles. The van der Waals surface area contributed by atoms with Gasteiger partial charge in [-0.3, -0.25) is 4.98 Å². The first-order valence-electron chi connectivity index (χ1n) is 4.47. The number of rotatable bonds is 2. The summed E-state index contributed by atoms with van der Waals surface area (Å²) in [6.07, 6.45) is 2.59. The van der Waals surface area contributed by atoms with Crippen LogP contribution in [0.25, 0.3) is 0 Å². The summed E-state index contributed by atoms with van der Waals surface area (Å²) in [5.41, 5.74) is 0.0237. The highest BCUT2D eigenvalue weighted by molar-refractivity contribution is 7.08. The fraction of sp³-hybridized carbons (Fsp3) is 0.182. The summed E-state index contributed by atoms with van der Waals surface area (Å²) >= 11 is 1.49. The molecule has 2 aromatic heterocycles. The molecule has 0 aromatic carbocycles. The number of aliphatic hydroxyl groups is 1. The highest BCUT2D eigenvalue weighted by Gasteiger charge is 2.26. The second-order valence-electron chi connectivity index (χ2n) is 3.48. The first kappa shape index (κ1) is 10.3. The highest BCUT2D eigenvalue weighted by atomic mass is 32.1. The standard InChI is InChI=1S/C11H10FNOS/c1-11(14,8-2-3-15-7-8)9-4-10(12)6-13-5-9/h2-7,14H,1H3. The summed E-state index contributed by atoms with van der Waals surface area (Å²) in [7, 11) is 0. The van der Waals surface area contributed by atoms with E-state index in [1.807, 2.05) is 16.8 Å². The summed E-state index contributed by atoms with van der Waals surface area (Å²) < 4.78 is 13.0. The number of halogens is 1. The van der Waals surface area contributed by atoms with E-state index in [-0.39, 0.29) is 0 Å². The second-order valence-corrected chi connectivity index (χ2v) is 4.26. The molecular weight excluding hydrogens is 213 g/mol. The van der Waals surface area contributed by atoms with Crippen LogP contribution in [-0.4, -0.2) is 10.1 Å². The van der Waals surface area contributed by atoms with Crippen LogP contribution in [0.15, 0.2) is 35.3 Å². The molecule has 1 atom stereocenters. The zero-order valence-electron chi connectivity index (χ0n) is 8.14. The first-order chi connectivity index (χ1) is 7.10. The van der Waals surface area contributed by atoms with Crippen molar-refractivity contribution in [1.82, 2.24) is 4.98 Å². The van der Waals surface area contributed by atoms with E-state index in [0.29, 0.717) is 5.56 Å². The average molecular weight is 223 g/mol. The Balaban J connectivity index is 2.46. The Hall–Kier alpha value is -1.26. The van der Waals surface area contributed by atoms with Gasteiger partial charge in [0.15, 0.2) is 0 Å². The van der Waals surface area contributed by atoms with Gasteiger partial charge in [-0.1, -0.05) is 0 Å². The van der Waals surface area contributed by atoms with Gasteiger partial charge in [0, 0.05) is 11.8 Å². The second kappa shape index (κ2) is 3.72. The minimum atomic E-state index is -1.19. The third-order valence-electron chi connectivity index (χ3n) is 2.35. The van der Waals surface area contributed by atoms with Gasteiger partial charge in [0.05, 0.1) is 6.20 Å². The van der Waals surface area contributed by atoms with Gasteiger partial charge in [-0.2, -0.15) is 11.3 Å². The summed E-state index contributed by atoms with van der Waals surface area (Å²) in [6.45, 7) is 1.63. The molecule has 0 saturated heterocycles. The molecule has 4 heteroatoms. The molecule has 78 valence electrons. The van der Waals surface area contributed by atoms with E-state index in [2.05, 4.69) is 4.98 Å². The number of hydrogen-bond acceptors (Lipinski definition) is 3. The number of hydrogen-bond donors (Lipinski definition) is 1. The van der Waals surface area contributed by atoms with Crippen molar-refractivity contribution in [3.8, 4) is 0 Å². The quantitative estimate of drug-likeness (QED) is 0.848. The van der Waals surface area contributed by atoms with Crippen molar-refractivity contribution < 1.29 is 9.50 Å². The van der Waals surface area contributed by atoms with Crippen molar-refractivity contribution in [2.24, 2.45) is 0 Å². The normalized spacial score (nSPS) is 14.9. The molecule has 0 spiro atoms. The lowest BCUT2D eigenvalue weighted by Gasteiger charge is -2.22. The lowest BCUT2D eigenvalue weighted by atomic mass is 9.91. The zero-order chi connectivity index (χ0) is 10.9. The van der Waals surface area contributed by atoms with E-state index in [1.54, 1.807) is 6.92 Å². The van der Waals surface area contributed by atoms with Crippen LogP contribution in [0, 0.1) is 5.82 Å². The molecule has 0 bridgehead atoms. The fourth-order valence-corrected chi connectivity index (χ4v) is 2.14. The summed E-state index contributed by atoms with van der Waals surface area (Å²) in [5.74, 6) is -0.442. The lowest BCUT2D eigenvalue weighted by molar-refractivity contribution is 0.102. The van der Waals surface area contributed by atoms with E-state index in [1.165, 1.54) is 23.6 Å². The van der Waals surface area contributed by atoms with Crippen LogP contribution in [-0.2, 0) is 5.60 Å². The van der Waals surface area contributed by atoms with E-state index in [0.717, 1.165) is 11.8 Å². The molecular formula is C11H10FNOS. The average Bonchev–Trinajstić information content (AvgIpc) is 2.71. The third-order valence-corrected chi connectivity index (χ3v) is 3.03. The van der Waals surface area contributed by atoms with Crippen LogP contribution in [0.3, 0.4) is 0 Å². The van der Waals surface area contributed by atoms with Crippen molar-refractivity contribution in [3.63, 3.8) is 0 Å². The van der Waals surface area contributed by atoms with Gasteiger partial charge >= 0.3 is 0 Å². The molecule has 0 aliphatic rings. The van der Waals surface area contributed by atoms with Crippen molar-refractivity contribution in [2.45, 2.75) is 12.5 Å². The molecule has 2 heterocycles. The molecule has 0 fully saturated rings. The van der Waals surface area contributed by atoms with Gasteiger partial charge in [-0.05, 0) is 35.4 Å². The SMILES string of the molecule is CC(O)(c1ccsc1)c1cncc(F)c1. The van der Waals surface area contributed by atoms with Crippen molar-refractivity contribution in [1.29, 1.82) is 0 Å². The van der Waals surface area contributed by atoms with Crippen LogP contribution < -0.4 is 0 Å². The summed E-state index contributed by atoms with van der Waals surface area (Å²) in [4.78, 5) is 3.73. The van der Waals surface area contributed by atoms with Crippen molar-refractivity contribution in [3.05, 3.63) is 52.2 Å². The Morgan fingerprint density at radius 3 is 2.80 bits per heavy atom. The van der Waals surface area contributed by atoms with E-state index in [4.69, 9.17) is 0 Å². The van der Waals surface area contributed by atoms with Gasteiger partial charge in [0.2, 0.25) is 0 Å². The van der Waals surface area contributed by atoms with Crippen molar-refractivity contribution >= 4 is 11.3 Å². The fourth-order valence-electron chi connectivity index (χ4n) is 1.39. The van der Waals surface area contributed by atoms with Crippen molar-refractivity contribution in [2.75, 3.05) is 0 Å². The Labute approximate surface area is 91.0 Å². The van der Waals surface area contributed by atoms with E-state index in [9.17, 15) is 9.50 Å². The number of nitrogens with zero attached hydrogens (tertiary/aromatic N) is 1. The Bertz CT molecular complexity index is 453. The molecule has 2 aromatic rings. The predicted octanol–water partition coefficient (Wildman–Crippen LogP) is 2.54. The molecule has 0 radical (unpaired) electrons. The number of aromatic nitrogens is 1. The van der Waals surface area contributed by atoms with Crippen LogP contribution in [0.4, 0.5) is 4.39 Å². The molecule has 1 unspecified atom stereocenters. The Kier molecular flexibility index (Phi) is 2.54. The van der Waals surface area contributed by atoms with Gasteiger partial charge < -0.3 is 5.11 Å². The molecule has 0 aliphatic carbocycles. The lowest BCUT2D eigenvalue weighted by Crippen LogP contribution is -2.22. The maximum atomic E-state index is 13.0. The van der Waals surface area contributed by atoms with Crippen LogP contribution in [0.2, 0.25) is 0 Å². The van der Waals surface area contributed by atoms with E-state index >= 15 is 0 Å². The minimum Gasteiger partial charge on any atom is -0.381 e. The maximum Gasteiger partial charge on any atom is 0.141 e. The topological polar surface area (TPSA) is 33.1 Å². The highest BCUT2D eigenvalue weighted by Crippen LogP contribution is 2.30. The molecule has 0 amide bonds. The Morgan fingerprint density at radius 2 is 2.20 bits per heavy atom. The van der Waals surface area contributed by atoms with Crippen LogP contribution >= 0.6 is 11.3 Å². The Morgan fingerprint density at radius 1 is 1.40 bits per heavy atom.